The van der Waals surface area contributed by atoms with E-state index in [1.54, 1.807) is 18.3 Å². The lowest BCUT2D eigenvalue weighted by Gasteiger charge is -2.30. The third-order valence-corrected chi connectivity index (χ3v) is 5.61. The average molecular weight is 302 g/mol. The van der Waals surface area contributed by atoms with Crippen molar-refractivity contribution in [2.75, 3.05) is 10.8 Å². The van der Waals surface area contributed by atoms with Gasteiger partial charge in [0.2, 0.25) is 0 Å². The molecule has 0 unspecified atom stereocenters. The van der Waals surface area contributed by atoms with Crippen LogP contribution in [0.3, 0.4) is 0 Å². The smallest absolute Gasteiger partial charge is 0.264 e. The Labute approximate surface area is 125 Å². The standard InChI is InChI=1S/C16H18N2O2S/c1-12-5-7-15(8-6-12)21(19,20)18-9-3-4-14-11-17-13(2)10-16(14)18/h5-8,10-11H,3-4,9H2,1-2H3. The van der Waals surface area contributed by atoms with Crippen molar-refractivity contribution >= 4 is 15.7 Å². The molecule has 0 N–H and O–H groups in total. The van der Waals surface area contributed by atoms with Crippen LogP contribution in [0, 0.1) is 13.8 Å². The van der Waals surface area contributed by atoms with Gasteiger partial charge in [0.05, 0.1) is 10.6 Å². The van der Waals surface area contributed by atoms with E-state index in [1.807, 2.05) is 32.0 Å². The highest BCUT2D eigenvalue weighted by Crippen LogP contribution is 2.32. The summed E-state index contributed by atoms with van der Waals surface area (Å²) in [4.78, 5) is 4.61. The number of sulfonamides is 1. The van der Waals surface area contributed by atoms with Crippen LogP contribution in [0.1, 0.15) is 23.2 Å². The van der Waals surface area contributed by atoms with E-state index < -0.39 is 10.0 Å². The molecule has 2 aromatic rings. The number of hydrogen-bond acceptors (Lipinski definition) is 3. The first-order chi connectivity index (χ1) is 9.98. The Bertz CT molecular complexity index is 767. The van der Waals surface area contributed by atoms with Crippen molar-refractivity contribution in [2.45, 2.75) is 31.6 Å². The second-order valence-electron chi connectivity index (χ2n) is 5.45. The Balaban J connectivity index is 2.09. The minimum Gasteiger partial charge on any atom is -0.266 e. The molecule has 1 aliphatic rings. The number of benzene rings is 1. The fraction of sp³-hybridized carbons (Fsp3) is 0.312. The zero-order valence-corrected chi connectivity index (χ0v) is 13.0. The minimum atomic E-state index is -3.50. The van der Waals surface area contributed by atoms with Crippen LogP contribution in [0.15, 0.2) is 41.4 Å². The van der Waals surface area contributed by atoms with Crippen LogP contribution in [-0.2, 0) is 16.4 Å². The lowest BCUT2D eigenvalue weighted by atomic mass is 10.1. The molecule has 0 aliphatic carbocycles. The summed E-state index contributed by atoms with van der Waals surface area (Å²) in [7, 11) is -3.50. The van der Waals surface area contributed by atoms with Gasteiger partial charge in [-0.1, -0.05) is 17.7 Å². The fourth-order valence-electron chi connectivity index (χ4n) is 2.62. The summed E-state index contributed by atoms with van der Waals surface area (Å²) in [6, 6.07) is 8.87. The molecule has 0 saturated heterocycles. The molecule has 0 spiro atoms. The third kappa shape index (κ3) is 2.53. The molecule has 0 saturated carbocycles. The monoisotopic (exact) mass is 302 g/mol. The van der Waals surface area contributed by atoms with E-state index in [1.165, 1.54) is 4.31 Å². The Hall–Kier alpha value is -1.88. The van der Waals surface area contributed by atoms with E-state index in [2.05, 4.69) is 4.98 Å². The Kier molecular flexibility index (Phi) is 3.45. The maximum Gasteiger partial charge on any atom is 0.264 e. The van der Waals surface area contributed by atoms with Gasteiger partial charge in [0.25, 0.3) is 10.0 Å². The Morgan fingerprint density at radius 3 is 2.57 bits per heavy atom. The Morgan fingerprint density at radius 2 is 1.86 bits per heavy atom. The van der Waals surface area contributed by atoms with Gasteiger partial charge in [-0.25, -0.2) is 8.42 Å². The molecule has 2 heterocycles. The molecule has 0 fully saturated rings. The molecule has 1 aliphatic heterocycles. The number of fused-ring (bicyclic) bond motifs is 1. The molecule has 21 heavy (non-hydrogen) atoms. The SMILES string of the molecule is Cc1ccc(S(=O)(=O)N2CCCc3cnc(C)cc32)cc1. The summed E-state index contributed by atoms with van der Waals surface area (Å²) in [5.74, 6) is 0. The van der Waals surface area contributed by atoms with Crippen LogP contribution in [0.4, 0.5) is 5.69 Å². The van der Waals surface area contributed by atoms with Crippen molar-refractivity contribution in [3.8, 4) is 0 Å². The van der Waals surface area contributed by atoms with Gasteiger partial charge in [0.15, 0.2) is 0 Å². The van der Waals surface area contributed by atoms with Gasteiger partial charge >= 0.3 is 0 Å². The zero-order valence-electron chi connectivity index (χ0n) is 12.2. The van der Waals surface area contributed by atoms with Crippen LogP contribution < -0.4 is 4.31 Å². The average Bonchev–Trinajstić information content (AvgIpc) is 2.47. The van der Waals surface area contributed by atoms with E-state index in [9.17, 15) is 8.42 Å². The van der Waals surface area contributed by atoms with Crippen molar-refractivity contribution < 1.29 is 8.42 Å². The van der Waals surface area contributed by atoms with E-state index >= 15 is 0 Å². The first-order valence-corrected chi connectivity index (χ1v) is 8.47. The number of nitrogens with zero attached hydrogens (tertiary/aromatic N) is 2. The topological polar surface area (TPSA) is 50.3 Å². The third-order valence-electron chi connectivity index (χ3n) is 3.78. The van der Waals surface area contributed by atoms with E-state index in [-0.39, 0.29) is 0 Å². The van der Waals surface area contributed by atoms with Crippen molar-refractivity contribution in [3.63, 3.8) is 0 Å². The molecule has 110 valence electrons. The minimum absolute atomic E-state index is 0.343. The van der Waals surface area contributed by atoms with Gasteiger partial charge in [-0.2, -0.15) is 0 Å². The molecule has 3 rings (SSSR count). The molecular formula is C16H18N2O2S. The van der Waals surface area contributed by atoms with Gasteiger partial charge in [-0.15, -0.1) is 0 Å². The molecule has 1 aromatic carbocycles. The van der Waals surface area contributed by atoms with E-state index in [0.717, 1.165) is 35.3 Å². The normalized spacial score (nSPS) is 14.9. The number of rotatable bonds is 2. The summed E-state index contributed by atoms with van der Waals surface area (Å²) < 4.78 is 27.3. The molecule has 0 bridgehead atoms. The number of pyridine rings is 1. The zero-order chi connectivity index (χ0) is 15.0. The summed E-state index contributed by atoms with van der Waals surface area (Å²) in [5, 5.41) is 0. The molecule has 0 radical (unpaired) electrons. The highest BCUT2D eigenvalue weighted by atomic mass is 32.2. The second-order valence-corrected chi connectivity index (χ2v) is 7.31. The summed E-state index contributed by atoms with van der Waals surface area (Å²) in [6.45, 7) is 4.35. The molecule has 0 amide bonds. The van der Waals surface area contributed by atoms with Crippen molar-refractivity contribution in [2.24, 2.45) is 0 Å². The number of anilines is 1. The van der Waals surface area contributed by atoms with E-state index in [4.69, 9.17) is 0 Å². The fourth-order valence-corrected chi connectivity index (χ4v) is 4.15. The van der Waals surface area contributed by atoms with Gasteiger partial charge in [-0.05, 0) is 50.5 Å². The van der Waals surface area contributed by atoms with Crippen molar-refractivity contribution in [1.82, 2.24) is 4.98 Å². The largest absolute Gasteiger partial charge is 0.266 e. The number of hydrogen-bond donors (Lipinski definition) is 0. The molecule has 1 aromatic heterocycles. The number of aromatic nitrogens is 1. The lowest BCUT2D eigenvalue weighted by Crippen LogP contribution is -2.35. The van der Waals surface area contributed by atoms with Crippen molar-refractivity contribution in [3.05, 3.63) is 53.3 Å². The van der Waals surface area contributed by atoms with E-state index in [0.29, 0.717) is 11.4 Å². The Morgan fingerprint density at radius 1 is 1.14 bits per heavy atom. The summed E-state index contributed by atoms with van der Waals surface area (Å²) in [6.07, 6.45) is 3.49. The van der Waals surface area contributed by atoms with Gasteiger partial charge in [0, 0.05) is 18.4 Å². The van der Waals surface area contributed by atoms with Crippen LogP contribution in [0.5, 0.6) is 0 Å². The molecular weight excluding hydrogens is 284 g/mol. The summed E-state index contributed by atoms with van der Waals surface area (Å²) >= 11 is 0. The molecule has 4 nitrogen and oxygen atoms in total. The second kappa shape index (κ2) is 5.15. The molecule has 5 heteroatoms. The first-order valence-electron chi connectivity index (χ1n) is 7.03. The lowest BCUT2D eigenvalue weighted by molar-refractivity contribution is 0.586. The summed E-state index contributed by atoms with van der Waals surface area (Å²) in [5.41, 5.74) is 3.66. The highest BCUT2D eigenvalue weighted by Gasteiger charge is 2.29. The van der Waals surface area contributed by atoms with Crippen LogP contribution in [0.25, 0.3) is 0 Å². The quantitative estimate of drug-likeness (QED) is 0.857. The molecule has 0 atom stereocenters. The predicted molar refractivity (Wildman–Crippen MR) is 83.0 cm³/mol. The maximum atomic E-state index is 12.9. The highest BCUT2D eigenvalue weighted by molar-refractivity contribution is 7.92. The predicted octanol–water partition coefficient (Wildman–Crippen LogP) is 2.84. The van der Waals surface area contributed by atoms with Crippen LogP contribution in [0.2, 0.25) is 0 Å². The van der Waals surface area contributed by atoms with Gasteiger partial charge in [0.1, 0.15) is 0 Å². The maximum absolute atomic E-state index is 12.9. The van der Waals surface area contributed by atoms with Gasteiger partial charge in [-0.3, -0.25) is 9.29 Å². The van der Waals surface area contributed by atoms with Crippen LogP contribution in [-0.4, -0.2) is 19.9 Å². The van der Waals surface area contributed by atoms with Crippen molar-refractivity contribution in [1.29, 1.82) is 0 Å². The van der Waals surface area contributed by atoms with Crippen LogP contribution >= 0.6 is 0 Å². The number of aryl methyl sites for hydroxylation is 3. The van der Waals surface area contributed by atoms with Gasteiger partial charge < -0.3 is 0 Å². The first kappa shape index (κ1) is 14.1.